The molecule has 4 heteroatoms. The molecule has 1 saturated heterocycles. The Kier molecular flexibility index (Phi) is 8.81. The Labute approximate surface area is 97.8 Å². The lowest BCUT2D eigenvalue weighted by Crippen LogP contribution is -2.30. The third-order valence-electron chi connectivity index (χ3n) is 2.32. The molecule has 3 nitrogen and oxygen atoms in total. The van der Waals surface area contributed by atoms with Crippen molar-refractivity contribution in [1.29, 1.82) is 0 Å². The predicted molar refractivity (Wildman–Crippen MR) is 66.4 cm³/mol. The van der Waals surface area contributed by atoms with Crippen LogP contribution in [-0.4, -0.2) is 29.5 Å². The number of alkyl halides is 1. The Morgan fingerprint density at radius 3 is 2.25 bits per heavy atom. The van der Waals surface area contributed by atoms with E-state index in [1.54, 1.807) is 0 Å². The minimum Gasteiger partial charge on any atom is -0.314 e. The number of halogens is 1. The summed E-state index contributed by atoms with van der Waals surface area (Å²) in [6.07, 6.45) is 3.00. The Morgan fingerprint density at radius 1 is 1.38 bits per heavy atom. The van der Waals surface area contributed by atoms with E-state index in [1.165, 1.54) is 5.56 Å². The van der Waals surface area contributed by atoms with E-state index in [1.807, 2.05) is 33.9 Å². The first-order valence-electron chi connectivity index (χ1n) is 6.01. The smallest absolute Gasteiger partial charge is 0.113 e. The summed E-state index contributed by atoms with van der Waals surface area (Å²) in [5.41, 5.74) is 2.38. The average Bonchev–Trinajstić information content (AvgIpc) is 2.68. The van der Waals surface area contributed by atoms with Gasteiger partial charge in [0.2, 0.25) is 0 Å². The van der Waals surface area contributed by atoms with E-state index in [0.717, 1.165) is 25.1 Å². The van der Waals surface area contributed by atoms with Gasteiger partial charge in [0, 0.05) is 12.2 Å². The second-order valence-corrected chi connectivity index (χ2v) is 3.62. The predicted octanol–water partition coefficient (Wildman–Crippen LogP) is 2.76. The van der Waals surface area contributed by atoms with Gasteiger partial charge in [0.15, 0.2) is 0 Å². The van der Waals surface area contributed by atoms with E-state index in [2.05, 4.69) is 15.5 Å². The molecule has 0 aliphatic carbocycles. The lowest BCUT2D eigenvalue weighted by molar-refractivity contribution is 0.266. The second-order valence-electron chi connectivity index (χ2n) is 3.62. The summed E-state index contributed by atoms with van der Waals surface area (Å²) in [5.74, 6) is 0. The molecule has 2 N–H and O–H groups in total. The van der Waals surface area contributed by atoms with Gasteiger partial charge in [-0.15, -0.1) is 0 Å². The fraction of sp³-hybridized carbons (Fsp3) is 0.750. The highest BCUT2D eigenvalue weighted by atomic mass is 19.1. The van der Waals surface area contributed by atoms with Crippen LogP contribution >= 0.6 is 0 Å². The van der Waals surface area contributed by atoms with Crippen molar-refractivity contribution in [2.24, 2.45) is 0 Å². The molecular formula is C12H24FN3. The van der Waals surface area contributed by atoms with Gasteiger partial charge < -0.3 is 5.32 Å². The second kappa shape index (κ2) is 9.33. The molecule has 94 valence electrons. The van der Waals surface area contributed by atoms with Crippen LogP contribution in [0, 0.1) is 13.8 Å². The summed E-state index contributed by atoms with van der Waals surface area (Å²) in [7, 11) is 0. The summed E-state index contributed by atoms with van der Waals surface area (Å²) in [4.78, 5) is 0. The van der Waals surface area contributed by atoms with Gasteiger partial charge in [-0.2, -0.15) is 5.10 Å². The molecule has 16 heavy (non-hydrogen) atoms. The van der Waals surface area contributed by atoms with Crippen LogP contribution in [0.3, 0.4) is 0 Å². The van der Waals surface area contributed by atoms with E-state index in [0.29, 0.717) is 6.54 Å². The van der Waals surface area contributed by atoms with Crippen LogP contribution in [0.4, 0.5) is 4.39 Å². The fourth-order valence-corrected chi connectivity index (χ4v) is 1.22. The summed E-state index contributed by atoms with van der Waals surface area (Å²) in [5, 5.41) is 9.57. The monoisotopic (exact) mass is 229 g/mol. The van der Waals surface area contributed by atoms with Gasteiger partial charge in [0.1, 0.15) is 6.17 Å². The summed E-state index contributed by atoms with van der Waals surface area (Å²) < 4.78 is 12.1. The zero-order valence-electron chi connectivity index (χ0n) is 10.8. The number of hydrogen-bond acceptors (Lipinski definition) is 2. The zero-order valence-corrected chi connectivity index (χ0v) is 10.8. The molecule has 1 unspecified atom stereocenters. The molecule has 0 spiro atoms. The van der Waals surface area contributed by atoms with Crippen molar-refractivity contribution in [2.75, 3.05) is 13.1 Å². The number of H-pyrrole nitrogens is 1. The van der Waals surface area contributed by atoms with Gasteiger partial charge in [0.05, 0.1) is 6.20 Å². The average molecular weight is 229 g/mol. The number of aromatic nitrogens is 2. The maximum absolute atomic E-state index is 12.1. The highest BCUT2D eigenvalue weighted by Crippen LogP contribution is 2.03. The van der Waals surface area contributed by atoms with E-state index in [-0.39, 0.29) is 0 Å². The van der Waals surface area contributed by atoms with Crippen molar-refractivity contribution in [2.45, 2.75) is 46.7 Å². The topological polar surface area (TPSA) is 40.7 Å². The minimum absolute atomic E-state index is 0.569. The number of nitrogens with one attached hydrogen (secondary N) is 2. The van der Waals surface area contributed by atoms with Gasteiger partial charge in [-0.1, -0.05) is 13.8 Å². The quantitative estimate of drug-likeness (QED) is 0.718. The maximum atomic E-state index is 12.1. The molecule has 1 aromatic rings. The van der Waals surface area contributed by atoms with Crippen molar-refractivity contribution >= 4 is 0 Å². The Hall–Kier alpha value is -0.900. The third-order valence-corrected chi connectivity index (χ3v) is 2.32. The van der Waals surface area contributed by atoms with Crippen LogP contribution in [-0.2, 0) is 0 Å². The molecule has 0 bridgehead atoms. The standard InChI is InChI=1S/C5H10FN.C5H8N2.C2H6/c6-5-2-1-3-7-4-5;1-4-3-6-7-5(4)2;1-2/h5,7H,1-4H2;3H,1-2H3,(H,6,7);1-2H3. The third kappa shape index (κ3) is 6.56. The molecule has 1 aromatic heterocycles. The lowest BCUT2D eigenvalue weighted by Gasteiger charge is -2.14. The van der Waals surface area contributed by atoms with Crippen molar-refractivity contribution in [3.63, 3.8) is 0 Å². The first kappa shape index (κ1) is 15.1. The summed E-state index contributed by atoms with van der Waals surface area (Å²) in [6.45, 7) is 9.60. The first-order chi connectivity index (χ1) is 7.70. The number of piperidine rings is 1. The molecule has 1 atom stereocenters. The molecular weight excluding hydrogens is 205 g/mol. The van der Waals surface area contributed by atoms with E-state index in [9.17, 15) is 4.39 Å². The van der Waals surface area contributed by atoms with Gasteiger partial charge in [-0.3, -0.25) is 5.10 Å². The van der Waals surface area contributed by atoms with Crippen LogP contribution in [0.2, 0.25) is 0 Å². The molecule has 2 rings (SSSR count). The molecule has 1 fully saturated rings. The lowest BCUT2D eigenvalue weighted by atomic mass is 10.1. The van der Waals surface area contributed by atoms with Gasteiger partial charge in [-0.05, 0) is 38.8 Å². The van der Waals surface area contributed by atoms with E-state index < -0.39 is 6.17 Å². The van der Waals surface area contributed by atoms with Crippen molar-refractivity contribution in [3.8, 4) is 0 Å². The number of rotatable bonds is 0. The number of hydrogen-bond donors (Lipinski definition) is 2. The number of aryl methyl sites for hydroxylation is 2. The maximum Gasteiger partial charge on any atom is 0.113 e. The van der Waals surface area contributed by atoms with Crippen LogP contribution in [0.5, 0.6) is 0 Å². The fourth-order valence-electron chi connectivity index (χ4n) is 1.22. The summed E-state index contributed by atoms with van der Waals surface area (Å²) in [6, 6.07) is 0. The van der Waals surface area contributed by atoms with Crippen LogP contribution in [0.1, 0.15) is 37.9 Å². The van der Waals surface area contributed by atoms with Crippen molar-refractivity contribution < 1.29 is 4.39 Å². The van der Waals surface area contributed by atoms with Gasteiger partial charge >= 0.3 is 0 Å². The molecule has 0 aromatic carbocycles. The zero-order chi connectivity index (χ0) is 12.4. The molecule has 1 aliphatic heterocycles. The Balaban J connectivity index is 0.000000244. The van der Waals surface area contributed by atoms with Gasteiger partial charge in [0.25, 0.3) is 0 Å². The van der Waals surface area contributed by atoms with Crippen LogP contribution < -0.4 is 5.32 Å². The number of aromatic amines is 1. The van der Waals surface area contributed by atoms with E-state index >= 15 is 0 Å². The number of nitrogens with zero attached hydrogens (tertiary/aromatic N) is 1. The highest BCUT2D eigenvalue weighted by molar-refractivity contribution is 5.10. The Bertz CT molecular complexity index is 238. The van der Waals surface area contributed by atoms with E-state index in [4.69, 9.17) is 0 Å². The van der Waals surface area contributed by atoms with Crippen LogP contribution in [0.15, 0.2) is 6.20 Å². The molecule has 0 saturated carbocycles. The SMILES string of the molecule is CC.Cc1cn[nH]c1C.FC1CCCNC1. The molecule has 1 aliphatic rings. The van der Waals surface area contributed by atoms with Crippen molar-refractivity contribution in [1.82, 2.24) is 15.5 Å². The largest absolute Gasteiger partial charge is 0.314 e. The normalized spacial score (nSPS) is 18.9. The highest BCUT2D eigenvalue weighted by Gasteiger charge is 2.08. The molecule has 2 heterocycles. The molecule has 0 amide bonds. The summed E-state index contributed by atoms with van der Waals surface area (Å²) >= 11 is 0. The first-order valence-corrected chi connectivity index (χ1v) is 6.01. The Morgan fingerprint density at radius 2 is 2.06 bits per heavy atom. The molecule has 0 radical (unpaired) electrons. The van der Waals surface area contributed by atoms with Crippen LogP contribution in [0.25, 0.3) is 0 Å². The van der Waals surface area contributed by atoms with Crippen molar-refractivity contribution in [3.05, 3.63) is 17.5 Å². The minimum atomic E-state index is -0.575. The van der Waals surface area contributed by atoms with Gasteiger partial charge in [-0.25, -0.2) is 4.39 Å².